The van der Waals surface area contributed by atoms with Crippen molar-refractivity contribution in [3.8, 4) is 0 Å². The summed E-state index contributed by atoms with van der Waals surface area (Å²) in [6.07, 6.45) is 6.25. The lowest BCUT2D eigenvalue weighted by Gasteiger charge is -2.22. The number of nitrogens with one attached hydrogen (secondary N) is 1. The fourth-order valence-corrected chi connectivity index (χ4v) is 6.86. The van der Waals surface area contributed by atoms with E-state index in [2.05, 4.69) is 87.6 Å². The monoisotopic (exact) mass is 562 g/mol. The van der Waals surface area contributed by atoms with Gasteiger partial charge in [-0.05, 0) is 68.9 Å². The number of rotatable bonds is 12. The van der Waals surface area contributed by atoms with Crippen molar-refractivity contribution in [1.82, 2.24) is 19.7 Å². The van der Waals surface area contributed by atoms with Gasteiger partial charge in [-0.2, -0.15) is 0 Å². The summed E-state index contributed by atoms with van der Waals surface area (Å²) in [5.74, 6) is 0.0265. The molecule has 0 atom stereocenters. The van der Waals surface area contributed by atoms with Crippen LogP contribution in [0.3, 0.4) is 0 Å². The predicted octanol–water partition coefficient (Wildman–Crippen LogP) is 6.05. The number of amides is 2. The molecule has 6 heteroatoms. The number of benzene rings is 3. The Morgan fingerprint density at radius 3 is 2.05 bits per heavy atom. The first-order valence-corrected chi connectivity index (χ1v) is 15.7. The number of aryl methyl sites for hydroxylation is 1. The van der Waals surface area contributed by atoms with Gasteiger partial charge in [0, 0.05) is 55.0 Å². The Hall–Kier alpha value is -3.90. The molecule has 1 N–H and O–H groups in total. The third-order valence-electron chi connectivity index (χ3n) is 8.92. The summed E-state index contributed by atoms with van der Waals surface area (Å²) in [6.45, 7) is 6.10. The SMILES string of the molecule is O=C(NCCN1CCCC1=O)c1c(C(c2ccccc2)c2ccccc2)c2ccccc2n1CCCCN1CCCC1. The highest BCUT2D eigenvalue weighted by Crippen LogP contribution is 2.40. The molecule has 0 aliphatic carbocycles. The molecule has 0 radical (unpaired) electrons. The van der Waals surface area contributed by atoms with Gasteiger partial charge in [0.2, 0.25) is 5.91 Å². The number of hydrogen-bond acceptors (Lipinski definition) is 3. The summed E-state index contributed by atoms with van der Waals surface area (Å²) in [5, 5.41) is 4.34. The van der Waals surface area contributed by atoms with E-state index in [-0.39, 0.29) is 17.7 Å². The largest absolute Gasteiger partial charge is 0.349 e. The second-order valence-electron chi connectivity index (χ2n) is 11.7. The van der Waals surface area contributed by atoms with Crippen LogP contribution in [0.4, 0.5) is 0 Å². The van der Waals surface area contributed by atoms with E-state index in [0.717, 1.165) is 72.2 Å². The van der Waals surface area contributed by atoms with Gasteiger partial charge in [-0.15, -0.1) is 0 Å². The van der Waals surface area contributed by atoms with Gasteiger partial charge in [-0.1, -0.05) is 78.9 Å². The maximum Gasteiger partial charge on any atom is 0.268 e. The summed E-state index contributed by atoms with van der Waals surface area (Å²) in [6, 6.07) is 29.6. The molecule has 2 amide bonds. The number of fused-ring (bicyclic) bond motifs is 1. The normalized spacial score (nSPS) is 15.7. The van der Waals surface area contributed by atoms with Crippen molar-refractivity contribution in [3.63, 3.8) is 0 Å². The number of likely N-dealkylation sites (tertiary alicyclic amines) is 2. The molecule has 2 aliphatic rings. The Bertz CT molecular complexity index is 1450. The average Bonchev–Trinajstić information content (AvgIpc) is 3.77. The van der Waals surface area contributed by atoms with Crippen LogP contribution < -0.4 is 5.32 Å². The van der Waals surface area contributed by atoms with Crippen molar-refractivity contribution in [3.05, 3.63) is 107 Å². The van der Waals surface area contributed by atoms with Crippen LogP contribution in [0, 0.1) is 0 Å². The quantitative estimate of drug-likeness (QED) is 0.214. The molecule has 0 unspecified atom stereocenters. The van der Waals surface area contributed by atoms with E-state index in [4.69, 9.17) is 0 Å². The van der Waals surface area contributed by atoms with Crippen LogP contribution in [0.5, 0.6) is 0 Å². The molecule has 42 heavy (non-hydrogen) atoms. The average molecular weight is 563 g/mol. The number of hydrogen-bond donors (Lipinski definition) is 1. The number of nitrogens with zero attached hydrogens (tertiary/aromatic N) is 3. The zero-order valence-corrected chi connectivity index (χ0v) is 24.5. The molecule has 0 saturated carbocycles. The van der Waals surface area contributed by atoms with Gasteiger partial charge in [0.1, 0.15) is 5.69 Å². The molecule has 3 aromatic carbocycles. The number of carbonyl (C=O) groups excluding carboxylic acids is 2. The summed E-state index contributed by atoms with van der Waals surface area (Å²) < 4.78 is 2.27. The summed E-state index contributed by atoms with van der Waals surface area (Å²) in [7, 11) is 0. The minimum absolute atomic E-state index is 0.0655. The van der Waals surface area contributed by atoms with Gasteiger partial charge in [-0.3, -0.25) is 9.59 Å². The van der Waals surface area contributed by atoms with Crippen LogP contribution in [-0.2, 0) is 11.3 Å². The fourth-order valence-electron chi connectivity index (χ4n) is 6.86. The number of para-hydroxylation sites is 1. The Balaban J connectivity index is 1.39. The highest BCUT2D eigenvalue weighted by atomic mass is 16.2. The standard InChI is InChI=1S/C36H42N4O2/c41-32-20-13-25-39(32)27-21-37-36(42)35-34(33(28-14-3-1-4-15-28)29-16-5-2-6-17-29)30-18-7-8-19-31(30)40(35)26-12-11-24-38-22-9-10-23-38/h1-8,14-19,33H,9-13,20-27H2,(H,37,42). The molecular weight excluding hydrogens is 520 g/mol. The van der Waals surface area contributed by atoms with Gasteiger partial charge < -0.3 is 19.7 Å². The van der Waals surface area contributed by atoms with E-state index >= 15 is 0 Å². The Labute approximate surface area is 249 Å². The van der Waals surface area contributed by atoms with E-state index < -0.39 is 0 Å². The molecule has 0 spiro atoms. The van der Waals surface area contributed by atoms with E-state index in [9.17, 15) is 9.59 Å². The molecule has 2 fully saturated rings. The number of carbonyl (C=O) groups is 2. The van der Waals surface area contributed by atoms with Crippen LogP contribution in [0.2, 0.25) is 0 Å². The van der Waals surface area contributed by atoms with Gasteiger partial charge in [-0.25, -0.2) is 0 Å². The first-order valence-electron chi connectivity index (χ1n) is 15.7. The molecule has 2 saturated heterocycles. The Morgan fingerprint density at radius 2 is 1.38 bits per heavy atom. The van der Waals surface area contributed by atoms with Crippen LogP contribution in [0.15, 0.2) is 84.9 Å². The van der Waals surface area contributed by atoms with Gasteiger partial charge in [0.15, 0.2) is 0 Å². The molecule has 4 aromatic rings. The van der Waals surface area contributed by atoms with Crippen molar-refractivity contribution in [1.29, 1.82) is 0 Å². The fraction of sp³-hybridized carbons (Fsp3) is 0.389. The van der Waals surface area contributed by atoms with Gasteiger partial charge in [0.05, 0.1) is 0 Å². The van der Waals surface area contributed by atoms with Crippen molar-refractivity contribution < 1.29 is 9.59 Å². The second-order valence-corrected chi connectivity index (χ2v) is 11.7. The first kappa shape index (κ1) is 28.2. The predicted molar refractivity (Wildman–Crippen MR) is 169 cm³/mol. The Kier molecular flexibility index (Phi) is 9.00. The van der Waals surface area contributed by atoms with E-state index in [1.165, 1.54) is 25.9 Å². The summed E-state index contributed by atoms with van der Waals surface area (Å²) >= 11 is 0. The maximum absolute atomic E-state index is 14.3. The molecule has 0 bridgehead atoms. The lowest BCUT2D eigenvalue weighted by atomic mass is 9.83. The highest BCUT2D eigenvalue weighted by Gasteiger charge is 2.30. The minimum Gasteiger partial charge on any atom is -0.349 e. The zero-order valence-electron chi connectivity index (χ0n) is 24.5. The third-order valence-corrected chi connectivity index (χ3v) is 8.92. The van der Waals surface area contributed by atoms with Gasteiger partial charge >= 0.3 is 0 Å². The van der Waals surface area contributed by atoms with Gasteiger partial charge in [0.25, 0.3) is 5.91 Å². The second kappa shape index (κ2) is 13.4. The van der Waals surface area contributed by atoms with Crippen molar-refractivity contribution in [2.75, 3.05) is 39.3 Å². The Morgan fingerprint density at radius 1 is 0.738 bits per heavy atom. The summed E-state index contributed by atoms with van der Waals surface area (Å²) in [5.41, 5.74) is 5.22. The third kappa shape index (κ3) is 6.14. The van der Waals surface area contributed by atoms with E-state index in [0.29, 0.717) is 19.5 Å². The minimum atomic E-state index is -0.0935. The van der Waals surface area contributed by atoms with Crippen molar-refractivity contribution in [2.24, 2.45) is 0 Å². The van der Waals surface area contributed by atoms with Crippen LogP contribution in [0.25, 0.3) is 10.9 Å². The maximum atomic E-state index is 14.3. The van der Waals surface area contributed by atoms with E-state index in [1.54, 1.807) is 0 Å². The highest BCUT2D eigenvalue weighted by molar-refractivity contribution is 6.03. The molecule has 6 rings (SSSR count). The lowest BCUT2D eigenvalue weighted by Crippen LogP contribution is -2.36. The van der Waals surface area contributed by atoms with Crippen LogP contribution in [-0.4, -0.2) is 65.4 Å². The van der Waals surface area contributed by atoms with Crippen molar-refractivity contribution >= 4 is 22.7 Å². The smallest absolute Gasteiger partial charge is 0.268 e. The molecular formula is C36H42N4O2. The van der Waals surface area contributed by atoms with Crippen molar-refractivity contribution in [2.45, 2.75) is 51.0 Å². The number of unbranched alkanes of at least 4 members (excludes halogenated alkanes) is 1. The molecule has 1 aromatic heterocycles. The van der Waals surface area contributed by atoms with Crippen LogP contribution >= 0.6 is 0 Å². The lowest BCUT2D eigenvalue weighted by molar-refractivity contribution is -0.127. The van der Waals surface area contributed by atoms with Crippen LogP contribution in [0.1, 0.15) is 71.6 Å². The molecule has 3 heterocycles. The molecule has 2 aliphatic heterocycles. The molecule has 6 nitrogen and oxygen atoms in total. The van der Waals surface area contributed by atoms with E-state index in [1.807, 2.05) is 17.0 Å². The summed E-state index contributed by atoms with van der Waals surface area (Å²) in [4.78, 5) is 30.9. The number of aromatic nitrogens is 1. The first-order chi connectivity index (χ1) is 20.7. The molecule has 218 valence electrons. The zero-order chi connectivity index (χ0) is 28.7. The topological polar surface area (TPSA) is 57.6 Å².